The molecule has 282 valence electrons. The van der Waals surface area contributed by atoms with E-state index in [1.807, 2.05) is 79.7 Å². The van der Waals surface area contributed by atoms with Gasteiger partial charge in [-0.3, -0.25) is 4.79 Å². The topological polar surface area (TPSA) is 94.2 Å². The summed E-state index contributed by atoms with van der Waals surface area (Å²) >= 11 is 0. The standard InChI is InChI=1S/C45H57N3O5/c1-5-7-22-36(23-8-6-2)52-43(49)26-15-13-11-9-10-12-14-18-29-51-45(50)33-20-19-21-34(30-33)46-40-32-42-44(38-25-17-16-24-37(38)40)47-39-28-27-35(48(3)4)31-41(39)53-42/h16-17,19-21,24-25,27-28,30-32,36H,5-15,18,22-23,26,29H2,1-4H3. The molecule has 1 aliphatic carbocycles. The van der Waals surface area contributed by atoms with Gasteiger partial charge in [-0.1, -0.05) is 108 Å². The summed E-state index contributed by atoms with van der Waals surface area (Å²) in [6.45, 7) is 4.75. The molecule has 0 saturated heterocycles. The fraction of sp³-hybridized carbons (Fsp3) is 0.467. The molecule has 8 heteroatoms. The zero-order chi connectivity index (χ0) is 37.4. The molecule has 3 aromatic carbocycles. The Morgan fingerprint density at radius 1 is 0.774 bits per heavy atom. The minimum absolute atomic E-state index is 0.0292. The Labute approximate surface area is 315 Å². The van der Waals surface area contributed by atoms with Crippen molar-refractivity contribution in [2.45, 2.75) is 116 Å². The monoisotopic (exact) mass is 719 g/mol. The molecule has 0 aromatic heterocycles. The first-order valence-electron chi connectivity index (χ1n) is 19.8. The fourth-order valence-corrected chi connectivity index (χ4v) is 6.69. The van der Waals surface area contributed by atoms with Crippen LogP contribution in [0.4, 0.5) is 11.4 Å². The first kappa shape index (κ1) is 39.5. The van der Waals surface area contributed by atoms with E-state index in [0.29, 0.717) is 35.6 Å². The lowest BCUT2D eigenvalue weighted by atomic mass is 10.0. The molecule has 2 aliphatic rings. The zero-order valence-electron chi connectivity index (χ0n) is 32.2. The molecule has 1 aliphatic heterocycles. The third kappa shape index (κ3) is 11.6. The van der Waals surface area contributed by atoms with E-state index in [1.54, 1.807) is 12.1 Å². The van der Waals surface area contributed by atoms with Crippen LogP contribution < -0.4 is 10.3 Å². The number of nitrogens with zero attached hydrogens (tertiary/aromatic N) is 3. The second kappa shape index (κ2) is 20.5. The largest absolute Gasteiger partial charge is 0.462 e. The number of hydrogen-bond donors (Lipinski definition) is 0. The number of hydrogen-bond acceptors (Lipinski definition) is 8. The highest BCUT2D eigenvalue weighted by atomic mass is 16.5. The van der Waals surface area contributed by atoms with Crippen molar-refractivity contribution < 1.29 is 23.5 Å². The van der Waals surface area contributed by atoms with E-state index < -0.39 is 0 Å². The number of ether oxygens (including phenoxy) is 2. The summed E-state index contributed by atoms with van der Waals surface area (Å²) in [6, 6.07) is 23.2. The highest BCUT2D eigenvalue weighted by Crippen LogP contribution is 2.32. The van der Waals surface area contributed by atoms with E-state index in [1.165, 1.54) is 0 Å². The number of benzene rings is 4. The Hall–Kier alpha value is -4.72. The summed E-state index contributed by atoms with van der Waals surface area (Å²) in [4.78, 5) is 37.2. The molecule has 8 nitrogen and oxygen atoms in total. The number of aromatic nitrogens is 1. The molecule has 53 heavy (non-hydrogen) atoms. The van der Waals surface area contributed by atoms with Crippen LogP contribution in [0.2, 0.25) is 0 Å². The lowest BCUT2D eigenvalue weighted by Gasteiger charge is -2.17. The van der Waals surface area contributed by atoms with E-state index in [2.05, 4.69) is 13.8 Å². The summed E-state index contributed by atoms with van der Waals surface area (Å²) in [5.41, 5.74) is 4.45. The minimum Gasteiger partial charge on any atom is -0.462 e. The van der Waals surface area contributed by atoms with Crippen molar-refractivity contribution in [1.82, 2.24) is 4.98 Å². The third-order valence-electron chi connectivity index (χ3n) is 9.77. The summed E-state index contributed by atoms with van der Waals surface area (Å²) in [5.74, 6) is 0.277. The Morgan fingerprint density at radius 2 is 1.47 bits per heavy atom. The Morgan fingerprint density at radius 3 is 2.19 bits per heavy atom. The molecule has 0 bridgehead atoms. The van der Waals surface area contributed by atoms with Crippen LogP contribution in [0, 0.1) is 0 Å². The molecule has 0 unspecified atom stereocenters. The summed E-state index contributed by atoms with van der Waals surface area (Å²) in [7, 11) is 3.99. The highest BCUT2D eigenvalue weighted by molar-refractivity contribution is 5.96. The van der Waals surface area contributed by atoms with Crippen LogP contribution >= 0.6 is 0 Å². The molecular formula is C45H57N3O5. The number of fused-ring (bicyclic) bond motifs is 4. The number of rotatable bonds is 21. The van der Waals surface area contributed by atoms with Gasteiger partial charge in [-0.15, -0.1) is 0 Å². The summed E-state index contributed by atoms with van der Waals surface area (Å²) in [6.07, 6.45) is 15.5. The predicted molar refractivity (Wildman–Crippen MR) is 215 cm³/mol. The van der Waals surface area contributed by atoms with E-state index >= 15 is 0 Å². The average Bonchev–Trinajstić information content (AvgIpc) is 3.17. The van der Waals surface area contributed by atoms with Crippen molar-refractivity contribution in [1.29, 1.82) is 0 Å². The highest BCUT2D eigenvalue weighted by Gasteiger charge is 2.16. The van der Waals surface area contributed by atoms with Crippen LogP contribution in [0.5, 0.6) is 0 Å². The first-order chi connectivity index (χ1) is 25.9. The number of anilines is 1. The molecule has 1 heterocycles. The van der Waals surface area contributed by atoms with Crippen LogP contribution in [0.1, 0.15) is 121 Å². The van der Waals surface area contributed by atoms with Crippen LogP contribution in [-0.2, 0) is 14.3 Å². The number of esters is 2. The van der Waals surface area contributed by atoms with Gasteiger partial charge in [0, 0.05) is 49.1 Å². The maximum atomic E-state index is 12.9. The number of unbranched alkanes of at least 4 members (excludes halogenated alkanes) is 9. The molecule has 0 spiro atoms. The van der Waals surface area contributed by atoms with Gasteiger partial charge < -0.3 is 18.8 Å². The molecule has 3 aromatic rings. The normalized spacial score (nSPS) is 11.9. The van der Waals surface area contributed by atoms with Crippen molar-refractivity contribution in [3.05, 3.63) is 83.7 Å². The van der Waals surface area contributed by atoms with Gasteiger partial charge in [-0.05, 0) is 56.0 Å². The SMILES string of the molecule is CCCCC(CCCC)OC(=O)CCCCCCCCCCOC(=O)c1cccc(N=c2cc3oc4cc(N(C)C)ccc4nc-3c3ccccc23)c1. The molecule has 0 radical (unpaired) electrons. The predicted octanol–water partition coefficient (Wildman–Crippen LogP) is 11.3. The lowest BCUT2D eigenvalue weighted by molar-refractivity contribution is -0.150. The average molecular weight is 720 g/mol. The maximum Gasteiger partial charge on any atom is 0.338 e. The summed E-state index contributed by atoms with van der Waals surface area (Å²) < 4.78 is 17.8. The van der Waals surface area contributed by atoms with Gasteiger partial charge >= 0.3 is 11.9 Å². The molecule has 0 atom stereocenters. The van der Waals surface area contributed by atoms with E-state index in [4.69, 9.17) is 23.9 Å². The molecule has 0 fully saturated rings. The van der Waals surface area contributed by atoms with Crippen molar-refractivity contribution in [2.24, 2.45) is 4.99 Å². The quantitative estimate of drug-likeness (QED) is 0.0322. The fourth-order valence-electron chi connectivity index (χ4n) is 6.69. The van der Waals surface area contributed by atoms with Crippen LogP contribution in [0.25, 0.3) is 33.3 Å². The third-order valence-corrected chi connectivity index (χ3v) is 9.77. The first-order valence-corrected chi connectivity index (χ1v) is 19.8. The Bertz CT molecular complexity index is 1960. The van der Waals surface area contributed by atoms with Crippen molar-refractivity contribution >= 4 is 45.2 Å². The van der Waals surface area contributed by atoms with Gasteiger partial charge in [0.15, 0.2) is 11.3 Å². The summed E-state index contributed by atoms with van der Waals surface area (Å²) in [5, 5.41) is 2.64. The van der Waals surface area contributed by atoms with Gasteiger partial charge in [-0.25, -0.2) is 14.8 Å². The van der Waals surface area contributed by atoms with E-state index in [-0.39, 0.29) is 18.0 Å². The molecule has 5 rings (SSSR count). The van der Waals surface area contributed by atoms with Crippen molar-refractivity contribution in [2.75, 3.05) is 25.6 Å². The molecule has 0 amide bonds. The number of carbonyl (C=O) groups is 2. The van der Waals surface area contributed by atoms with Gasteiger partial charge in [-0.2, -0.15) is 0 Å². The van der Waals surface area contributed by atoms with Crippen molar-refractivity contribution in [3.63, 3.8) is 0 Å². The Kier molecular flexibility index (Phi) is 15.3. The minimum atomic E-state index is -0.339. The van der Waals surface area contributed by atoms with Gasteiger partial charge in [0.25, 0.3) is 0 Å². The smallest absolute Gasteiger partial charge is 0.338 e. The maximum absolute atomic E-state index is 12.9. The van der Waals surface area contributed by atoms with Crippen LogP contribution in [-0.4, -0.2) is 43.7 Å². The molecular weight excluding hydrogens is 663 g/mol. The second-order valence-electron chi connectivity index (χ2n) is 14.3. The van der Waals surface area contributed by atoms with E-state index in [9.17, 15) is 9.59 Å². The Balaban J connectivity index is 1.07. The molecule has 0 N–H and O–H groups in total. The lowest BCUT2D eigenvalue weighted by Crippen LogP contribution is -2.18. The zero-order valence-corrected chi connectivity index (χ0v) is 32.2. The van der Waals surface area contributed by atoms with Crippen LogP contribution in [0.3, 0.4) is 0 Å². The van der Waals surface area contributed by atoms with Gasteiger partial charge in [0.2, 0.25) is 0 Å². The van der Waals surface area contributed by atoms with Gasteiger partial charge in [0.05, 0.1) is 23.2 Å². The van der Waals surface area contributed by atoms with Gasteiger partial charge in [0.1, 0.15) is 17.3 Å². The van der Waals surface area contributed by atoms with Crippen LogP contribution in [0.15, 0.2) is 82.2 Å². The molecule has 0 saturated carbocycles. The van der Waals surface area contributed by atoms with E-state index in [0.717, 1.165) is 123 Å². The van der Waals surface area contributed by atoms with Crippen molar-refractivity contribution in [3.8, 4) is 11.5 Å². The number of carbonyl (C=O) groups excluding carboxylic acids is 2. The second-order valence-corrected chi connectivity index (χ2v) is 14.3.